The minimum absolute atomic E-state index is 0.275. The number of ether oxygens (including phenoxy) is 1. The lowest BCUT2D eigenvalue weighted by atomic mass is 9.95. The molecule has 0 N–H and O–H groups in total. The summed E-state index contributed by atoms with van der Waals surface area (Å²) < 4.78 is 7.58. The number of hydrogen-bond donors (Lipinski definition) is 0. The van der Waals surface area contributed by atoms with Crippen LogP contribution in [0.3, 0.4) is 0 Å². The molecule has 2 aromatic heterocycles. The first kappa shape index (κ1) is 22.4. The van der Waals surface area contributed by atoms with Gasteiger partial charge in [-0.2, -0.15) is 0 Å². The van der Waals surface area contributed by atoms with E-state index < -0.39 is 12.1 Å². The summed E-state index contributed by atoms with van der Waals surface area (Å²) in [5.74, 6) is -0.757. The first-order valence-electron chi connectivity index (χ1n) is 12.4. The number of carbonyl (C=O) groups excluding carboxylic acids is 2. The highest BCUT2D eigenvalue weighted by atomic mass is 16.5. The van der Waals surface area contributed by atoms with Crippen molar-refractivity contribution in [1.82, 2.24) is 14.5 Å². The number of para-hydroxylation sites is 3. The molecule has 0 saturated heterocycles. The van der Waals surface area contributed by atoms with E-state index in [1.807, 2.05) is 72.8 Å². The predicted molar refractivity (Wildman–Crippen MR) is 141 cm³/mol. The molecule has 1 aliphatic heterocycles. The van der Waals surface area contributed by atoms with Crippen molar-refractivity contribution in [2.24, 2.45) is 0 Å². The van der Waals surface area contributed by atoms with Gasteiger partial charge in [-0.15, -0.1) is 0 Å². The van der Waals surface area contributed by atoms with Crippen LogP contribution < -0.4 is 0 Å². The van der Waals surface area contributed by atoms with Crippen LogP contribution in [0, 0.1) is 0 Å². The topological polar surface area (TPSA) is 64.4 Å². The summed E-state index contributed by atoms with van der Waals surface area (Å²) in [6, 6.07) is 23.3. The number of benzene rings is 3. The number of aromatic nitrogens is 2. The molecule has 1 atom stereocenters. The number of nitrogens with zero attached hydrogens (tertiary/aromatic N) is 3. The molecule has 6 nitrogen and oxygen atoms in total. The molecule has 0 saturated carbocycles. The quantitative estimate of drug-likeness (QED) is 0.315. The third kappa shape index (κ3) is 3.57. The number of rotatable bonds is 4. The van der Waals surface area contributed by atoms with Crippen molar-refractivity contribution in [3.63, 3.8) is 0 Å². The van der Waals surface area contributed by atoms with E-state index in [9.17, 15) is 9.59 Å². The Morgan fingerprint density at radius 1 is 0.917 bits per heavy atom. The fourth-order valence-corrected chi connectivity index (χ4v) is 5.36. The van der Waals surface area contributed by atoms with Crippen molar-refractivity contribution in [3.8, 4) is 0 Å². The van der Waals surface area contributed by atoms with Gasteiger partial charge in [-0.3, -0.25) is 19.2 Å². The average Bonchev–Trinajstić information content (AvgIpc) is 3.25. The van der Waals surface area contributed by atoms with Crippen LogP contribution in [0.2, 0.25) is 0 Å². The largest absolute Gasteiger partial charge is 0.449 e. The van der Waals surface area contributed by atoms with E-state index in [2.05, 4.69) is 11.8 Å². The normalized spacial score (nSPS) is 14.7. The van der Waals surface area contributed by atoms with Gasteiger partial charge in [-0.05, 0) is 31.7 Å². The van der Waals surface area contributed by atoms with Gasteiger partial charge in [0.15, 0.2) is 6.10 Å². The van der Waals surface area contributed by atoms with Gasteiger partial charge in [-0.25, -0.2) is 4.79 Å². The summed E-state index contributed by atoms with van der Waals surface area (Å²) in [4.78, 5) is 34.6. The summed E-state index contributed by atoms with van der Waals surface area (Å²) in [5, 5.41) is 2.75. The van der Waals surface area contributed by atoms with E-state index in [1.165, 1.54) is 0 Å². The number of esters is 1. The molecule has 1 unspecified atom stereocenters. The zero-order valence-electron chi connectivity index (χ0n) is 20.4. The van der Waals surface area contributed by atoms with Crippen molar-refractivity contribution >= 4 is 44.6 Å². The highest BCUT2D eigenvalue weighted by Gasteiger charge is 2.29. The minimum Gasteiger partial charge on any atom is -0.449 e. The molecule has 1 aliphatic rings. The maximum absolute atomic E-state index is 13.7. The molecule has 36 heavy (non-hydrogen) atoms. The van der Waals surface area contributed by atoms with E-state index in [-0.39, 0.29) is 5.91 Å². The molecule has 0 fully saturated rings. The van der Waals surface area contributed by atoms with Gasteiger partial charge < -0.3 is 4.74 Å². The summed E-state index contributed by atoms with van der Waals surface area (Å²) >= 11 is 0. The summed E-state index contributed by atoms with van der Waals surface area (Å²) in [6.07, 6.45) is -0.186. The molecule has 6 rings (SSSR count). The van der Waals surface area contributed by atoms with E-state index in [0.717, 1.165) is 63.5 Å². The molecular weight excluding hydrogens is 450 g/mol. The molecule has 3 aromatic carbocycles. The molecule has 180 valence electrons. The third-order valence-electron chi connectivity index (χ3n) is 7.21. The van der Waals surface area contributed by atoms with Crippen molar-refractivity contribution in [2.75, 3.05) is 13.1 Å². The second kappa shape index (κ2) is 8.88. The van der Waals surface area contributed by atoms with E-state index in [4.69, 9.17) is 9.72 Å². The van der Waals surface area contributed by atoms with E-state index in [1.54, 1.807) is 11.5 Å². The standard InChI is InChI=1S/C30H27N3O3/c1-3-32-17-16-25-23(18-32)28(22-12-4-7-13-24(22)31-25)30(35)36-19(2)29(34)33-26-14-8-5-10-20(26)21-11-6-9-15-27(21)33/h4-15,19H,3,16-18H2,1-2H3. The lowest BCUT2D eigenvalue weighted by Crippen LogP contribution is -2.34. The van der Waals surface area contributed by atoms with Crippen LogP contribution in [0.25, 0.3) is 32.7 Å². The molecule has 5 aromatic rings. The third-order valence-corrected chi connectivity index (χ3v) is 7.21. The van der Waals surface area contributed by atoms with Gasteiger partial charge in [0.2, 0.25) is 0 Å². The highest BCUT2D eigenvalue weighted by molar-refractivity contribution is 6.14. The Morgan fingerprint density at radius 3 is 2.19 bits per heavy atom. The zero-order chi connectivity index (χ0) is 24.8. The Bertz CT molecular complexity index is 1600. The van der Waals surface area contributed by atoms with Crippen molar-refractivity contribution in [3.05, 3.63) is 89.6 Å². The predicted octanol–water partition coefficient (Wildman–Crippen LogP) is 5.61. The number of fused-ring (bicyclic) bond motifs is 5. The van der Waals surface area contributed by atoms with Crippen LogP contribution >= 0.6 is 0 Å². The zero-order valence-corrected chi connectivity index (χ0v) is 20.4. The second-order valence-electron chi connectivity index (χ2n) is 9.30. The Hall–Kier alpha value is -4.03. The van der Waals surface area contributed by atoms with Gasteiger partial charge in [0.25, 0.3) is 5.91 Å². The monoisotopic (exact) mass is 477 g/mol. The SMILES string of the molecule is CCN1CCc2nc3ccccc3c(C(=O)OC(C)C(=O)n3c4ccccc4c4ccccc43)c2C1. The lowest BCUT2D eigenvalue weighted by molar-refractivity contribution is 0.0288. The van der Waals surface area contributed by atoms with Gasteiger partial charge in [0.1, 0.15) is 0 Å². The Labute approximate surface area is 209 Å². The smallest absolute Gasteiger partial charge is 0.339 e. The summed E-state index contributed by atoms with van der Waals surface area (Å²) in [5.41, 5.74) is 4.74. The summed E-state index contributed by atoms with van der Waals surface area (Å²) in [7, 11) is 0. The molecule has 0 aliphatic carbocycles. The molecule has 0 radical (unpaired) electrons. The van der Waals surface area contributed by atoms with Crippen LogP contribution in [0.5, 0.6) is 0 Å². The van der Waals surface area contributed by atoms with Gasteiger partial charge in [0, 0.05) is 46.9 Å². The average molecular weight is 478 g/mol. The Balaban J connectivity index is 1.40. The molecule has 0 spiro atoms. The van der Waals surface area contributed by atoms with Crippen molar-refractivity contribution in [1.29, 1.82) is 0 Å². The fraction of sp³-hybridized carbons (Fsp3) is 0.233. The first-order valence-corrected chi connectivity index (χ1v) is 12.4. The maximum atomic E-state index is 13.7. The van der Waals surface area contributed by atoms with Crippen LogP contribution in [-0.2, 0) is 17.7 Å². The first-order chi connectivity index (χ1) is 17.6. The number of likely N-dealkylation sites (N-methyl/N-ethyl adjacent to an activating group) is 1. The van der Waals surface area contributed by atoms with Crippen LogP contribution in [0.4, 0.5) is 0 Å². The molecule has 6 heteroatoms. The lowest BCUT2D eigenvalue weighted by Gasteiger charge is -2.29. The van der Waals surface area contributed by atoms with E-state index >= 15 is 0 Å². The number of pyridine rings is 1. The van der Waals surface area contributed by atoms with Crippen LogP contribution in [0.1, 0.15) is 40.3 Å². The van der Waals surface area contributed by atoms with Crippen molar-refractivity contribution in [2.45, 2.75) is 32.9 Å². The van der Waals surface area contributed by atoms with E-state index in [0.29, 0.717) is 12.1 Å². The Kier molecular flexibility index (Phi) is 5.53. The number of hydrogen-bond acceptors (Lipinski definition) is 5. The van der Waals surface area contributed by atoms with Gasteiger partial charge in [0.05, 0.1) is 22.1 Å². The fourth-order valence-electron chi connectivity index (χ4n) is 5.36. The number of carbonyl (C=O) groups is 2. The Morgan fingerprint density at radius 2 is 1.53 bits per heavy atom. The van der Waals surface area contributed by atoms with Crippen molar-refractivity contribution < 1.29 is 14.3 Å². The molecular formula is C30H27N3O3. The van der Waals surface area contributed by atoms with Crippen LogP contribution in [-0.4, -0.2) is 45.5 Å². The van der Waals surface area contributed by atoms with Crippen LogP contribution in [0.15, 0.2) is 72.8 Å². The molecule has 0 bridgehead atoms. The minimum atomic E-state index is -0.967. The van der Waals surface area contributed by atoms with Gasteiger partial charge in [-0.1, -0.05) is 61.5 Å². The highest BCUT2D eigenvalue weighted by Crippen LogP contribution is 2.31. The maximum Gasteiger partial charge on any atom is 0.339 e. The summed E-state index contributed by atoms with van der Waals surface area (Å²) in [6.45, 7) is 6.21. The molecule has 3 heterocycles. The molecule has 0 amide bonds. The second-order valence-corrected chi connectivity index (χ2v) is 9.30. The van der Waals surface area contributed by atoms with Gasteiger partial charge >= 0.3 is 5.97 Å².